The quantitative estimate of drug-likeness (QED) is 0.664. The molecule has 6 heteroatoms. The van der Waals surface area contributed by atoms with Crippen molar-refractivity contribution in [3.8, 4) is 16.5 Å². The van der Waals surface area contributed by atoms with Crippen molar-refractivity contribution in [3.05, 3.63) is 64.8 Å². The molecule has 0 atom stereocenters. The number of carbonyl (C=O) groups is 1. The number of thiazole rings is 1. The molecule has 1 N–H and O–H groups in total. The molecule has 5 nitrogen and oxygen atoms in total. The molecule has 0 aliphatic heterocycles. The third-order valence-corrected chi connectivity index (χ3v) is 4.81. The van der Waals surface area contributed by atoms with Crippen LogP contribution in [0.1, 0.15) is 35.5 Å². The standard InChI is InChI=1S/C21H23N3O2S/c1-14(2)26-19-9-8-17(12-23-19)20(25)22-11-10-18-13-27-21(24-18)16-6-4-15(3)5-7-16/h4-9,12-14H,10-11H2,1-3H3,(H,22,25). The first-order valence-electron chi connectivity index (χ1n) is 8.93. The summed E-state index contributed by atoms with van der Waals surface area (Å²) in [4.78, 5) is 21.0. The molecule has 0 saturated heterocycles. The molecular weight excluding hydrogens is 358 g/mol. The van der Waals surface area contributed by atoms with Gasteiger partial charge in [0.25, 0.3) is 5.91 Å². The van der Waals surface area contributed by atoms with E-state index in [0.29, 0.717) is 24.4 Å². The second-order valence-corrected chi connectivity index (χ2v) is 7.43. The van der Waals surface area contributed by atoms with Gasteiger partial charge in [-0.15, -0.1) is 11.3 Å². The van der Waals surface area contributed by atoms with Crippen LogP contribution in [-0.4, -0.2) is 28.5 Å². The first-order chi connectivity index (χ1) is 13.0. The molecule has 0 spiro atoms. The number of aryl methyl sites for hydroxylation is 1. The Morgan fingerprint density at radius 1 is 1.19 bits per heavy atom. The van der Waals surface area contributed by atoms with Gasteiger partial charge in [-0.3, -0.25) is 4.79 Å². The molecule has 3 aromatic rings. The number of rotatable bonds is 7. The first-order valence-corrected chi connectivity index (χ1v) is 9.81. The molecule has 1 aromatic carbocycles. The maximum Gasteiger partial charge on any atom is 0.252 e. The van der Waals surface area contributed by atoms with E-state index in [9.17, 15) is 4.79 Å². The lowest BCUT2D eigenvalue weighted by Gasteiger charge is -2.09. The van der Waals surface area contributed by atoms with Gasteiger partial charge >= 0.3 is 0 Å². The van der Waals surface area contributed by atoms with Crippen molar-refractivity contribution in [2.75, 3.05) is 6.54 Å². The van der Waals surface area contributed by atoms with Crippen LogP contribution in [0.3, 0.4) is 0 Å². The van der Waals surface area contributed by atoms with Crippen LogP contribution in [0.4, 0.5) is 0 Å². The highest BCUT2D eigenvalue weighted by Crippen LogP contribution is 2.24. The summed E-state index contributed by atoms with van der Waals surface area (Å²) in [6.45, 7) is 6.47. The summed E-state index contributed by atoms with van der Waals surface area (Å²) in [6.07, 6.45) is 2.28. The van der Waals surface area contributed by atoms with Gasteiger partial charge in [0.05, 0.1) is 17.4 Å². The zero-order valence-electron chi connectivity index (χ0n) is 15.7. The highest BCUT2D eigenvalue weighted by atomic mass is 32.1. The smallest absolute Gasteiger partial charge is 0.252 e. The molecule has 0 radical (unpaired) electrons. The number of carbonyl (C=O) groups excluding carboxylic acids is 1. The van der Waals surface area contributed by atoms with Gasteiger partial charge in [-0.1, -0.05) is 29.8 Å². The van der Waals surface area contributed by atoms with Gasteiger partial charge < -0.3 is 10.1 Å². The van der Waals surface area contributed by atoms with E-state index >= 15 is 0 Å². The monoisotopic (exact) mass is 381 g/mol. The first kappa shape index (κ1) is 19.0. The Labute approximate surface area is 163 Å². The van der Waals surface area contributed by atoms with Crippen LogP contribution < -0.4 is 10.1 Å². The SMILES string of the molecule is Cc1ccc(-c2nc(CCNC(=O)c3ccc(OC(C)C)nc3)cs2)cc1. The van der Waals surface area contributed by atoms with Crippen LogP contribution in [0.15, 0.2) is 48.0 Å². The zero-order valence-corrected chi connectivity index (χ0v) is 16.5. The Balaban J connectivity index is 1.51. The van der Waals surface area contributed by atoms with Crippen LogP contribution >= 0.6 is 11.3 Å². The largest absolute Gasteiger partial charge is 0.475 e. The van der Waals surface area contributed by atoms with Crippen molar-refractivity contribution >= 4 is 17.2 Å². The van der Waals surface area contributed by atoms with Gasteiger partial charge in [0, 0.05) is 36.2 Å². The molecule has 0 aliphatic carbocycles. The average molecular weight is 382 g/mol. The molecule has 140 valence electrons. The normalized spacial score (nSPS) is 10.8. The lowest BCUT2D eigenvalue weighted by atomic mass is 10.2. The Kier molecular flexibility index (Phi) is 6.19. The highest BCUT2D eigenvalue weighted by molar-refractivity contribution is 7.13. The van der Waals surface area contributed by atoms with E-state index in [1.54, 1.807) is 23.5 Å². The Morgan fingerprint density at radius 3 is 2.63 bits per heavy atom. The van der Waals surface area contributed by atoms with E-state index in [0.717, 1.165) is 16.3 Å². The third-order valence-electron chi connectivity index (χ3n) is 3.87. The molecule has 2 aromatic heterocycles. The van der Waals surface area contributed by atoms with E-state index < -0.39 is 0 Å². The number of nitrogens with zero attached hydrogens (tertiary/aromatic N) is 2. The van der Waals surface area contributed by atoms with E-state index in [2.05, 4.69) is 46.5 Å². The molecule has 0 bridgehead atoms. The topological polar surface area (TPSA) is 64.1 Å². The van der Waals surface area contributed by atoms with Crippen molar-refractivity contribution in [2.24, 2.45) is 0 Å². The van der Waals surface area contributed by atoms with E-state index in [4.69, 9.17) is 4.74 Å². The number of hydrogen-bond acceptors (Lipinski definition) is 5. The minimum absolute atomic E-state index is 0.0556. The van der Waals surface area contributed by atoms with E-state index in [1.165, 1.54) is 11.8 Å². The van der Waals surface area contributed by atoms with Gasteiger partial charge in [0.1, 0.15) is 5.01 Å². The predicted octanol–water partition coefficient (Wildman–Crippen LogP) is 4.27. The highest BCUT2D eigenvalue weighted by Gasteiger charge is 2.08. The van der Waals surface area contributed by atoms with Gasteiger partial charge in [0.15, 0.2) is 0 Å². The summed E-state index contributed by atoms with van der Waals surface area (Å²) in [5, 5.41) is 5.95. The summed E-state index contributed by atoms with van der Waals surface area (Å²) in [6, 6.07) is 11.8. The van der Waals surface area contributed by atoms with Crippen LogP contribution in [0.5, 0.6) is 5.88 Å². The summed E-state index contributed by atoms with van der Waals surface area (Å²) < 4.78 is 5.48. The van der Waals surface area contributed by atoms with Gasteiger partial charge in [-0.05, 0) is 26.8 Å². The lowest BCUT2D eigenvalue weighted by Crippen LogP contribution is -2.25. The second kappa shape index (κ2) is 8.77. The number of pyridine rings is 1. The Bertz CT molecular complexity index is 887. The molecule has 0 unspecified atom stereocenters. The van der Waals surface area contributed by atoms with Gasteiger partial charge in [0.2, 0.25) is 5.88 Å². The van der Waals surface area contributed by atoms with Gasteiger partial charge in [-0.25, -0.2) is 9.97 Å². The van der Waals surface area contributed by atoms with Crippen LogP contribution in [0, 0.1) is 6.92 Å². The van der Waals surface area contributed by atoms with Crippen LogP contribution in [0.25, 0.3) is 10.6 Å². The average Bonchev–Trinajstić information content (AvgIpc) is 3.11. The van der Waals surface area contributed by atoms with Crippen LogP contribution in [0.2, 0.25) is 0 Å². The van der Waals surface area contributed by atoms with Crippen molar-refractivity contribution in [1.82, 2.24) is 15.3 Å². The molecule has 2 heterocycles. The fraction of sp³-hybridized carbons (Fsp3) is 0.286. The Hall–Kier alpha value is -2.73. The molecule has 3 rings (SSSR count). The Morgan fingerprint density at radius 2 is 1.96 bits per heavy atom. The summed E-state index contributed by atoms with van der Waals surface area (Å²) in [5.41, 5.74) is 3.85. The maximum absolute atomic E-state index is 12.2. The number of ether oxygens (including phenoxy) is 1. The number of benzene rings is 1. The molecule has 0 saturated carbocycles. The number of amides is 1. The van der Waals surface area contributed by atoms with Crippen molar-refractivity contribution in [1.29, 1.82) is 0 Å². The third kappa shape index (κ3) is 5.37. The second-order valence-electron chi connectivity index (χ2n) is 6.57. The summed E-state index contributed by atoms with van der Waals surface area (Å²) in [7, 11) is 0. The van der Waals surface area contributed by atoms with E-state index in [-0.39, 0.29) is 12.0 Å². The van der Waals surface area contributed by atoms with Crippen molar-refractivity contribution in [2.45, 2.75) is 33.3 Å². The molecule has 1 amide bonds. The summed E-state index contributed by atoms with van der Waals surface area (Å²) in [5.74, 6) is 0.375. The summed E-state index contributed by atoms with van der Waals surface area (Å²) >= 11 is 1.62. The van der Waals surface area contributed by atoms with E-state index in [1.807, 2.05) is 19.2 Å². The lowest BCUT2D eigenvalue weighted by molar-refractivity contribution is 0.0953. The van der Waals surface area contributed by atoms with Crippen LogP contribution in [-0.2, 0) is 6.42 Å². The number of hydrogen-bond donors (Lipinski definition) is 1. The molecule has 0 fully saturated rings. The minimum atomic E-state index is -0.146. The fourth-order valence-corrected chi connectivity index (χ4v) is 3.34. The van der Waals surface area contributed by atoms with Crippen molar-refractivity contribution < 1.29 is 9.53 Å². The number of aromatic nitrogens is 2. The fourth-order valence-electron chi connectivity index (χ4n) is 2.48. The zero-order chi connectivity index (χ0) is 19.2. The molecule has 27 heavy (non-hydrogen) atoms. The molecular formula is C21H23N3O2S. The van der Waals surface area contributed by atoms with Gasteiger partial charge in [-0.2, -0.15) is 0 Å². The minimum Gasteiger partial charge on any atom is -0.475 e. The number of nitrogens with one attached hydrogen (secondary N) is 1. The molecule has 0 aliphatic rings. The van der Waals surface area contributed by atoms with Crippen molar-refractivity contribution in [3.63, 3.8) is 0 Å². The maximum atomic E-state index is 12.2. The predicted molar refractivity (Wildman–Crippen MR) is 108 cm³/mol.